The van der Waals surface area contributed by atoms with Crippen LogP contribution in [0.25, 0.3) is 0 Å². The summed E-state index contributed by atoms with van der Waals surface area (Å²) in [5.74, 6) is 0.793. The van der Waals surface area contributed by atoms with E-state index in [0.29, 0.717) is 35.7 Å². The van der Waals surface area contributed by atoms with Crippen LogP contribution < -0.4 is 20.1 Å². The molecule has 0 aliphatic carbocycles. The molecular formula is C22H28N2O4. The van der Waals surface area contributed by atoms with Crippen LogP contribution >= 0.6 is 0 Å². The number of anilines is 1. The van der Waals surface area contributed by atoms with Gasteiger partial charge in [-0.25, -0.2) is 0 Å². The number of unbranched alkanes of at least 4 members (excludes halogenated alkanes) is 1. The standard InChI is InChI=1S/C22H28N2O4/c1-4-6-15-23-21(25)18-9-7-8-10-19(18)24-22(26)20(5-2)28-17-13-11-16(27-3)12-14-17/h7-14,20H,4-6,15H2,1-3H3,(H,23,25)(H,24,26)/t20-/m0/s1. The van der Waals surface area contributed by atoms with Crippen molar-refractivity contribution >= 4 is 17.5 Å². The zero-order chi connectivity index (χ0) is 20.4. The van der Waals surface area contributed by atoms with Gasteiger partial charge >= 0.3 is 0 Å². The first-order valence-corrected chi connectivity index (χ1v) is 9.57. The highest BCUT2D eigenvalue weighted by Gasteiger charge is 2.21. The Balaban J connectivity index is 2.06. The highest BCUT2D eigenvalue weighted by molar-refractivity contribution is 6.04. The lowest BCUT2D eigenvalue weighted by Gasteiger charge is -2.18. The van der Waals surface area contributed by atoms with Gasteiger partial charge in [0.1, 0.15) is 11.5 Å². The Hall–Kier alpha value is -3.02. The minimum absolute atomic E-state index is 0.200. The zero-order valence-corrected chi connectivity index (χ0v) is 16.7. The predicted octanol–water partition coefficient (Wildman–Crippen LogP) is 4.02. The molecule has 6 heteroatoms. The molecule has 0 saturated carbocycles. The van der Waals surface area contributed by atoms with Crippen molar-refractivity contribution in [3.05, 3.63) is 54.1 Å². The van der Waals surface area contributed by atoms with E-state index in [-0.39, 0.29) is 11.8 Å². The van der Waals surface area contributed by atoms with Crippen LogP contribution in [0.5, 0.6) is 11.5 Å². The van der Waals surface area contributed by atoms with E-state index >= 15 is 0 Å². The third kappa shape index (κ3) is 6.01. The van der Waals surface area contributed by atoms with Gasteiger partial charge in [-0.1, -0.05) is 32.4 Å². The molecule has 150 valence electrons. The lowest BCUT2D eigenvalue weighted by atomic mass is 10.1. The van der Waals surface area contributed by atoms with E-state index < -0.39 is 6.10 Å². The molecule has 2 aromatic rings. The first-order valence-electron chi connectivity index (χ1n) is 9.57. The van der Waals surface area contributed by atoms with Crippen molar-refractivity contribution in [3.63, 3.8) is 0 Å². The average Bonchev–Trinajstić information content (AvgIpc) is 2.72. The molecule has 0 saturated heterocycles. The molecule has 0 unspecified atom stereocenters. The van der Waals surface area contributed by atoms with Gasteiger partial charge in [0, 0.05) is 6.54 Å². The van der Waals surface area contributed by atoms with Gasteiger partial charge in [0.25, 0.3) is 11.8 Å². The molecule has 28 heavy (non-hydrogen) atoms. The van der Waals surface area contributed by atoms with Crippen LogP contribution in [0.3, 0.4) is 0 Å². The fraction of sp³-hybridized carbons (Fsp3) is 0.364. The number of amides is 2. The summed E-state index contributed by atoms with van der Waals surface area (Å²) in [4.78, 5) is 25.1. The van der Waals surface area contributed by atoms with Crippen molar-refractivity contribution in [3.8, 4) is 11.5 Å². The molecule has 1 atom stereocenters. The summed E-state index contributed by atoms with van der Waals surface area (Å²) in [7, 11) is 1.59. The second-order valence-corrected chi connectivity index (χ2v) is 6.33. The second-order valence-electron chi connectivity index (χ2n) is 6.33. The number of ether oxygens (including phenoxy) is 2. The molecule has 2 aromatic carbocycles. The summed E-state index contributed by atoms with van der Waals surface area (Å²) in [6.45, 7) is 4.54. The summed E-state index contributed by atoms with van der Waals surface area (Å²) in [6.07, 6.45) is 1.72. The molecule has 6 nitrogen and oxygen atoms in total. The summed E-state index contributed by atoms with van der Waals surface area (Å²) in [6, 6.07) is 14.0. The third-order valence-corrected chi connectivity index (χ3v) is 4.25. The van der Waals surface area contributed by atoms with Crippen molar-refractivity contribution in [2.75, 3.05) is 19.0 Å². The summed E-state index contributed by atoms with van der Waals surface area (Å²) in [5.41, 5.74) is 0.907. The van der Waals surface area contributed by atoms with Crippen LogP contribution in [0.15, 0.2) is 48.5 Å². The summed E-state index contributed by atoms with van der Waals surface area (Å²) < 4.78 is 10.9. The Labute approximate surface area is 166 Å². The van der Waals surface area contributed by atoms with E-state index in [4.69, 9.17) is 9.47 Å². The van der Waals surface area contributed by atoms with Crippen molar-refractivity contribution in [1.82, 2.24) is 5.32 Å². The maximum absolute atomic E-state index is 12.7. The minimum atomic E-state index is -0.676. The summed E-state index contributed by atoms with van der Waals surface area (Å²) in [5, 5.41) is 5.70. The quantitative estimate of drug-likeness (QED) is 0.607. The van der Waals surface area contributed by atoms with Crippen molar-refractivity contribution in [2.45, 2.75) is 39.2 Å². The SMILES string of the molecule is CCCCNC(=O)c1ccccc1NC(=O)[C@H](CC)Oc1ccc(OC)cc1. The number of hydrogen-bond donors (Lipinski definition) is 2. The van der Waals surface area contributed by atoms with Gasteiger partial charge in [-0.05, 0) is 49.2 Å². The average molecular weight is 384 g/mol. The van der Waals surface area contributed by atoms with Crippen molar-refractivity contribution in [1.29, 1.82) is 0 Å². The van der Waals surface area contributed by atoms with Gasteiger partial charge in [-0.2, -0.15) is 0 Å². The molecule has 0 aromatic heterocycles. The number of hydrogen-bond acceptors (Lipinski definition) is 4. The number of nitrogens with one attached hydrogen (secondary N) is 2. The van der Waals surface area contributed by atoms with Gasteiger partial charge in [-0.15, -0.1) is 0 Å². The van der Waals surface area contributed by atoms with Crippen molar-refractivity contribution in [2.24, 2.45) is 0 Å². The largest absolute Gasteiger partial charge is 0.497 e. The van der Waals surface area contributed by atoms with Gasteiger partial charge in [-0.3, -0.25) is 9.59 Å². The molecule has 0 fully saturated rings. The second kappa shape index (κ2) is 11.0. The fourth-order valence-electron chi connectivity index (χ4n) is 2.62. The number of benzene rings is 2. The molecule has 0 bridgehead atoms. The van der Waals surface area contributed by atoms with Crippen molar-refractivity contribution < 1.29 is 19.1 Å². The lowest BCUT2D eigenvalue weighted by Crippen LogP contribution is -2.33. The molecule has 0 heterocycles. The van der Waals surface area contributed by atoms with Crippen LogP contribution in [0.4, 0.5) is 5.69 Å². The van der Waals surface area contributed by atoms with E-state index in [1.807, 2.05) is 6.92 Å². The zero-order valence-electron chi connectivity index (χ0n) is 16.7. The Kier molecular flexibility index (Phi) is 8.34. The third-order valence-electron chi connectivity index (χ3n) is 4.25. The van der Waals surface area contributed by atoms with E-state index in [1.165, 1.54) is 0 Å². The minimum Gasteiger partial charge on any atom is -0.497 e. The number of methoxy groups -OCH3 is 1. The summed E-state index contributed by atoms with van der Waals surface area (Å²) >= 11 is 0. The van der Waals surface area contributed by atoms with Crippen LogP contribution in [-0.2, 0) is 4.79 Å². The Bertz CT molecular complexity index is 774. The molecular weight excluding hydrogens is 356 g/mol. The monoisotopic (exact) mass is 384 g/mol. The highest BCUT2D eigenvalue weighted by atomic mass is 16.5. The molecule has 2 amide bonds. The normalized spacial score (nSPS) is 11.4. The molecule has 0 aliphatic heterocycles. The molecule has 2 rings (SSSR count). The van der Waals surface area contributed by atoms with Crippen LogP contribution in [0.2, 0.25) is 0 Å². The fourth-order valence-corrected chi connectivity index (χ4v) is 2.62. The number of rotatable bonds is 10. The van der Waals surface area contributed by atoms with Crippen LogP contribution in [0, 0.1) is 0 Å². The molecule has 0 radical (unpaired) electrons. The van der Waals surface area contributed by atoms with E-state index in [0.717, 1.165) is 12.8 Å². The van der Waals surface area contributed by atoms with Crippen LogP contribution in [-0.4, -0.2) is 31.6 Å². The molecule has 0 aliphatic rings. The lowest BCUT2D eigenvalue weighted by molar-refractivity contribution is -0.122. The van der Waals surface area contributed by atoms with E-state index in [2.05, 4.69) is 17.6 Å². The first-order chi connectivity index (χ1) is 13.6. The van der Waals surface area contributed by atoms with Gasteiger partial charge in [0.15, 0.2) is 6.10 Å². The number of carbonyl (C=O) groups excluding carboxylic acids is 2. The first kappa shape index (κ1) is 21.3. The number of carbonyl (C=O) groups is 2. The van der Waals surface area contributed by atoms with E-state index in [1.54, 1.807) is 55.6 Å². The maximum Gasteiger partial charge on any atom is 0.265 e. The maximum atomic E-state index is 12.7. The number of para-hydroxylation sites is 1. The van der Waals surface area contributed by atoms with E-state index in [9.17, 15) is 9.59 Å². The molecule has 2 N–H and O–H groups in total. The van der Waals surface area contributed by atoms with Gasteiger partial charge < -0.3 is 20.1 Å². The van der Waals surface area contributed by atoms with Gasteiger partial charge in [0.05, 0.1) is 18.4 Å². The topological polar surface area (TPSA) is 76.7 Å². The van der Waals surface area contributed by atoms with Crippen LogP contribution in [0.1, 0.15) is 43.5 Å². The predicted molar refractivity (Wildman–Crippen MR) is 110 cm³/mol. The Morgan fingerprint density at radius 3 is 2.32 bits per heavy atom. The smallest absolute Gasteiger partial charge is 0.265 e. The van der Waals surface area contributed by atoms with Gasteiger partial charge in [0.2, 0.25) is 0 Å². The Morgan fingerprint density at radius 1 is 1.00 bits per heavy atom. The Morgan fingerprint density at radius 2 is 1.68 bits per heavy atom. The molecule has 0 spiro atoms. The highest BCUT2D eigenvalue weighted by Crippen LogP contribution is 2.20.